The average Bonchev–Trinajstić information content (AvgIpc) is 2.37. The second-order valence-electron chi connectivity index (χ2n) is 4.08. The summed E-state index contributed by atoms with van der Waals surface area (Å²) in [4.78, 5) is 13.3. The van der Waals surface area contributed by atoms with Crippen LogP contribution < -0.4 is 0 Å². The van der Waals surface area contributed by atoms with Crippen LogP contribution in [0.15, 0.2) is 36.0 Å². The maximum atomic E-state index is 11.2. The highest BCUT2D eigenvalue weighted by Crippen LogP contribution is 2.10. The van der Waals surface area contributed by atoms with Gasteiger partial charge in [-0.15, -0.1) is 0 Å². The van der Waals surface area contributed by atoms with Crippen LogP contribution in [0.2, 0.25) is 0 Å². The lowest BCUT2D eigenvalue weighted by atomic mass is 10.2. The van der Waals surface area contributed by atoms with E-state index < -0.39 is 0 Å². The summed E-state index contributed by atoms with van der Waals surface area (Å²) >= 11 is 0. The second kappa shape index (κ2) is 7.66. The lowest BCUT2D eigenvalue weighted by Crippen LogP contribution is -2.25. The molecule has 0 amide bonds. The van der Waals surface area contributed by atoms with Gasteiger partial charge in [0.05, 0.1) is 5.70 Å². The summed E-state index contributed by atoms with van der Waals surface area (Å²) in [5.74, 6) is 0. The Kier molecular flexibility index (Phi) is 6.08. The normalized spacial score (nSPS) is 11.3. The molecule has 0 aliphatic carbocycles. The van der Waals surface area contributed by atoms with Crippen molar-refractivity contribution < 1.29 is 4.79 Å². The molecule has 17 heavy (non-hydrogen) atoms. The maximum Gasteiger partial charge on any atom is 0.166 e. The molecule has 0 spiro atoms. The summed E-state index contributed by atoms with van der Waals surface area (Å²) in [6, 6.07) is 9.98. The molecule has 0 bridgehead atoms. The summed E-state index contributed by atoms with van der Waals surface area (Å²) in [6.45, 7) is 6.14. The van der Waals surface area contributed by atoms with Crippen molar-refractivity contribution in [2.45, 2.75) is 26.7 Å². The number of carbonyl (C=O) groups is 1. The van der Waals surface area contributed by atoms with Gasteiger partial charge in [-0.2, -0.15) is 0 Å². The van der Waals surface area contributed by atoms with Gasteiger partial charge in [0.25, 0.3) is 0 Å². The predicted molar refractivity (Wildman–Crippen MR) is 72.6 cm³/mol. The first kappa shape index (κ1) is 13.5. The first-order chi connectivity index (χ1) is 8.31. The fourth-order valence-corrected chi connectivity index (χ4v) is 1.83. The van der Waals surface area contributed by atoms with Crippen molar-refractivity contribution in [3.8, 4) is 0 Å². The first-order valence-corrected chi connectivity index (χ1v) is 6.28. The Labute approximate surface area is 104 Å². The molecule has 0 heterocycles. The van der Waals surface area contributed by atoms with Crippen molar-refractivity contribution in [1.82, 2.24) is 4.90 Å². The number of aldehydes is 1. The zero-order valence-corrected chi connectivity index (χ0v) is 10.7. The number of carbonyl (C=O) groups excluding carboxylic acids is 1. The number of hydrogen-bond donors (Lipinski definition) is 0. The van der Waals surface area contributed by atoms with E-state index in [1.54, 1.807) is 0 Å². The number of hydrogen-bond acceptors (Lipinski definition) is 2. The minimum absolute atomic E-state index is 0.778. The summed E-state index contributed by atoms with van der Waals surface area (Å²) in [7, 11) is 0. The van der Waals surface area contributed by atoms with E-state index in [9.17, 15) is 4.79 Å². The van der Waals surface area contributed by atoms with Gasteiger partial charge in [-0.1, -0.05) is 44.2 Å². The highest BCUT2D eigenvalue weighted by Gasteiger charge is 2.06. The van der Waals surface area contributed by atoms with Gasteiger partial charge in [-0.3, -0.25) is 4.79 Å². The summed E-state index contributed by atoms with van der Waals surface area (Å²) in [5, 5.41) is 0. The van der Waals surface area contributed by atoms with Gasteiger partial charge in [0, 0.05) is 13.1 Å². The molecule has 0 aliphatic rings. The topological polar surface area (TPSA) is 20.3 Å². The lowest BCUT2D eigenvalue weighted by Gasteiger charge is -2.23. The van der Waals surface area contributed by atoms with Crippen LogP contribution >= 0.6 is 0 Å². The summed E-state index contributed by atoms with van der Waals surface area (Å²) in [5.41, 5.74) is 1.85. The molecule has 1 aromatic carbocycles. The van der Waals surface area contributed by atoms with Crippen LogP contribution in [-0.4, -0.2) is 24.3 Å². The summed E-state index contributed by atoms with van der Waals surface area (Å²) < 4.78 is 0. The molecule has 0 saturated carbocycles. The molecule has 0 aliphatic heterocycles. The smallest absolute Gasteiger partial charge is 0.166 e. The highest BCUT2D eigenvalue weighted by molar-refractivity contribution is 5.80. The van der Waals surface area contributed by atoms with E-state index in [1.165, 1.54) is 0 Å². The van der Waals surface area contributed by atoms with Crippen LogP contribution in [0.5, 0.6) is 0 Å². The van der Waals surface area contributed by atoms with E-state index in [0.717, 1.165) is 43.5 Å². The first-order valence-electron chi connectivity index (χ1n) is 6.28. The molecule has 92 valence electrons. The van der Waals surface area contributed by atoms with E-state index in [4.69, 9.17) is 0 Å². The lowest BCUT2D eigenvalue weighted by molar-refractivity contribution is -0.106. The van der Waals surface area contributed by atoms with E-state index in [1.807, 2.05) is 36.4 Å². The Morgan fingerprint density at radius 1 is 1.12 bits per heavy atom. The molecule has 0 atom stereocenters. The predicted octanol–water partition coefficient (Wildman–Crippen LogP) is 3.35. The van der Waals surface area contributed by atoms with Gasteiger partial charge in [-0.25, -0.2) is 0 Å². The molecule has 0 fully saturated rings. The standard InChI is InChI=1S/C15H21NO/c1-3-10-16(11-4-2)15(13-17)12-14-8-6-5-7-9-14/h5-9,12-13H,3-4,10-11H2,1-2H3/b15-12+. The average molecular weight is 231 g/mol. The van der Waals surface area contributed by atoms with Crippen LogP contribution in [0.25, 0.3) is 6.08 Å². The molecular formula is C15H21NO. The highest BCUT2D eigenvalue weighted by atomic mass is 16.1. The van der Waals surface area contributed by atoms with Crippen LogP contribution in [0.4, 0.5) is 0 Å². The molecule has 2 nitrogen and oxygen atoms in total. The Bertz CT molecular complexity index is 350. The molecule has 0 radical (unpaired) electrons. The van der Waals surface area contributed by atoms with Gasteiger partial charge >= 0.3 is 0 Å². The Balaban J connectivity index is 2.87. The Morgan fingerprint density at radius 3 is 2.18 bits per heavy atom. The van der Waals surface area contributed by atoms with E-state index in [2.05, 4.69) is 18.7 Å². The molecule has 0 aromatic heterocycles. The minimum Gasteiger partial charge on any atom is -0.369 e. The third kappa shape index (κ3) is 4.43. The van der Waals surface area contributed by atoms with Gasteiger partial charge in [0.2, 0.25) is 0 Å². The Morgan fingerprint density at radius 2 is 1.71 bits per heavy atom. The molecule has 1 aromatic rings. The monoisotopic (exact) mass is 231 g/mol. The van der Waals surface area contributed by atoms with Gasteiger partial charge in [-0.05, 0) is 24.5 Å². The van der Waals surface area contributed by atoms with Gasteiger partial charge in [0.1, 0.15) is 0 Å². The van der Waals surface area contributed by atoms with Crippen molar-refractivity contribution in [3.63, 3.8) is 0 Å². The van der Waals surface area contributed by atoms with Crippen LogP contribution in [-0.2, 0) is 4.79 Å². The number of rotatable bonds is 7. The van der Waals surface area contributed by atoms with Crippen LogP contribution in [0.1, 0.15) is 32.3 Å². The molecule has 1 rings (SSSR count). The third-order valence-electron chi connectivity index (χ3n) is 2.59. The van der Waals surface area contributed by atoms with E-state index in [0.29, 0.717) is 0 Å². The second-order valence-corrected chi connectivity index (χ2v) is 4.08. The van der Waals surface area contributed by atoms with Crippen molar-refractivity contribution >= 4 is 12.4 Å². The van der Waals surface area contributed by atoms with E-state index >= 15 is 0 Å². The quantitative estimate of drug-likeness (QED) is 0.530. The third-order valence-corrected chi connectivity index (χ3v) is 2.59. The summed E-state index contributed by atoms with van der Waals surface area (Å²) in [6.07, 6.45) is 5.02. The molecule has 2 heteroatoms. The number of allylic oxidation sites excluding steroid dienone is 1. The molecular weight excluding hydrogens is 210 g/mol. The zero-order valence-electron chi connectivity index (χ0n) is 10.7. The number of nitrogens with zero attached hydrogens (tertiary/aromatic N) is 1. The van der Waals surface area contributed by atoms with Crippen molar-refractivity contribution in [3.05, 3.63) is 41.6 Å². The molecule has 0 N–H and O–H groups in total. The van der Waals surface area contributed by atoms with Crippen LogP contribution in [0, 0.1) is 0 Å². The van der Waals surface area contributed by atoms with Gasteiger partial charge in [0.15, 0.2) is 6.29 Å². The molecule has 0 unspecified atom stereocenters. The van der Waals surface area contributed by atoms with Gasteiger partial charge < -0.3 is 4.90 Å². The minimum atomic E-state index is 0.778. The van der Waals surface area contributed by atoms with Crippen molar-refractivity contribution in [2.75, 3.05) is 13.1 Å². The van der Waals surface area contributed by atoms with E-state index in [-0.39, 0.29) is 0 Å². The fraction of sp³-hybridized carbons (Fsp3) is 0.400. The molecule has 0 saturated heterocycles. The van der Waals surface area contributed by atoms with Crippen molar-refractivity contribution in [2.24, 2.45) is 0 Å². The van der Waals surface area contributed by atoms with Crippen LogP contribution in [0.3, 0.4) is 0 Å². The SMILES string of the molecule is CCCN(CCC)/C(C=O)=C/c1ccccc1. The maximum absolute atomic E-state index is 11.2. The van der Waals surface area contributed by atoms with Crippen molar-refractivity contribution in [1.29, 1.82) is 0 Å². The Hall–Kier alpha value is -1.57. The zero-order chi connectivity index (χ0) is 12.5. The number of benzene rings is 1. The fourth-order valence-electron chi connectivity index (χ4n) is 1.83. The largest absolute Gasteiger partial charge is 0.369 e.